The van der Waals surface area contributed by atoms with E-state index in [4.69, 9.17) is 23.2 Å². The van der Waals surface area contributed by atoms with Crippen molar-refractivity contribution >= 4 is 39.1 Å². The Kier molecular flexibility index (Phi) is 5.81. The van der Waals surface area contributed by atoms with Crippen LogP contribution >= 0.6 is 23.2 Å². The first-order chi connectivity index (χ1) is 12.4. The molecule has 0 spiro atoms. The first-order valence-electron chi connectivity index (χ1n) is 7.94. The van der Waals surface area contributed by atoms with Crippen LogP contribution in [0.3, 0.4) is 0 Å². The molecule has 0 radical (unpaired) electrons. The van der Waals surface area contributed by atoms with Gasteiger partial charge in [-0.15, -0.1) is 0 Å². The zero-order valence-electron chi connectivity index (χ0n) is 13.8. The number of hydrogen-bond acceptors (Lipinski definition) is 5. The van der Waals surface area contributed by atoms with Crippen LogP contribution in [0.15, 0.2) is 35.7 Å². The van der Waals surface area contributed by atoms with E-state index in [1.54, 1.807) is 22.0 Å². The molecule has 140 valence electrons. The summed E-state index contributed by atoms with van der Waals surface area (Å²) in [5, 5.41) is 4.15. The lowest BCUT2D eigenvalue weighted by atomic mass is 10.3. The van der Waals surface area contributed by atoms with Gasteiger partial charge >= 0.3 is 0 Å². The molecule has 11 heteroatoms. The van der Waals surface area contributed by atoms with E-state index in [1.165, 1.54) is 22.8 Å². The first-order valence-corrected chi connectivity index (χ1v) is 10.1. The van der Waals surface area contributed by atoms with Gasteiger partial charge in [0.15, 0.2) is 0 Å². The van der Waals surface area contributed by atoms with E-state index in [0.29, 0.717) is 19.6 Å². The minimum Gasteiger partial charge on any atom is -0.340 e. The van der Waals surface area contributed by atoms with Gasteiger partial charge in [-0.25, -0.2) is 13.4 Å². The van der Waals surface area contributed by atoms with E-state index in [1.807, 2.05) is 0 Å². The molecular formula is C15H17Cl2N5O3S. The molecule has 1 saturated heterocycles. The molecule has 1 amide bonds. The Balaban J connectivity index is 1.60. The van der Waals surface area contributed by atoms with Crippen LogP contribution in [-0.2, 0) is 21.4 Å². The molecule has 0 aliphatic carbocycles. The largest absolute Gasteiger partial charge is 0.340 e. The number of rotatable bonds is 5. The lowest BCUT2D eigenvalue weighted by molar-refractivity contribution is -0.132. The summed E-state index contributed by atoms with van der Waals surface area (Å²) in [5.41, 5.74) is 0. The van der Waals surface area contributed by atoms with Crippen LogP contribution in [0.2, 0.25) is 10.0 Å². The van der Waals surface area contributed by atoms with Crippen LogP contribution in [0, 0.1) is 0 Å². The van der Waals surface area contributed by atoms with Gasteiger partial charge < -0.3 is 4.90 Å². The summed E-state index contributed by atoms with van der Waals surface area (Å²) in [5.74, 6) is -0.0432. The standard InChI is InChI=1S/C15H17Cl2N5O3S/c16-12-2-1-3-13(15(12)17)26(24,25)22-8-6-20(7-9-22)14(23)4-5-21-11-18-10-19-21/h1-3,10-11H,4-9H2. The number of amides is 1. The Hall–Kier alpha value is -1.68. The van der Waals surface area contributed by atoms with Crippen molar-refractivity contribution in [2.24, 2.45) is 0 Å². The summed E-state index contributed by atoms with van der Waals surface area (Å²) in [6.07, 6.45) is 3.25. The Morgan fingerprint density at radius 2 is 1.88 bits per heavy atom. The Morgan fingerprint density at radius 1 is 1.15 bits per heavy atom. The van der Waals surface area contributed by atoms with Gasteiger partial charge in [-0.05, 0) is 12.1 Å². The van der Waals surface area contributed by atoms with E-state index in [9.17, 15) is 13.2 Å². The lowest BCUT2D eigenvalue weighted by Gasteiger charge is -2.34. The van der Waals surface area contributed by atoms with Gasteiger partial charge in [-0.3, -0.25) is 9.48 Å². The highest BCUT2D eigenvalue weighted by molar-refractivity contribution is 7.89. The lowest BCUT2D eigenvalue weighted by Crippen LogP contribution is -2.50. The summed E-state index contributed by atoms with van der Waals surface area (Å²) in [6, 6.07) is 4.51. The van der Waals surface area contributed by atoms with Crippen molar-refractivity contribution in [1.29, 1.82) is 0 Å². The molecule has 1 fully saturated rings. The fraction of sp³-hybridized carbons (Fsp3) is 0.400. The second-order valence-electron chi connectivity index (χ2n) is 5.75. The molecule has 0 saturated carbocycles. The predicted molar refractivity (Wildman–Crippen MR) is 96.4 cm³/mol. The van der Waals surface area contributed by atoms with E-state index in [0.717, 1.165) is 0 Å². The summed E-state index contributed by atoms with van der Waals surface area (Å²) >= 11 is 12.0. The maximum Gasteiger partial charge on any atom is 0.244 e. The van der Waals surface area contributed by atoms with E-state index >= 15 is 0 Å². The number of aromatic nitrogens is 3. The zero-order chi connectivity index (χ0) is 18.7. The highest BCUT2D eigenvalue weighted by Crippen LogP contribution is 2.31. The molecule has 1 aromatic heterocycles. The maximum atomic E-state index is 12.8. The number of halogens is 2. The summed E-state index contributed by atoms with van der Waals surface area (Å²) in [4.78, 5) is 17.7. The number of aryl methyl sites for hydroxylation is 1. The molecule has 3 rings (SSSR count). The topological polar surface area (TPSA) is 88.4 Å². The Labute approximate surface area is 161 Å². The molecule has 2 heterocycles. The van der Waals surface area contributed by atoms with E-state index in [2.05, 4.69) is 10.1 Å². The number of hydrogen-bond donors (Lipinski definition) is 0. The molecular weight excluding hydrogens is 401 g/mol. The van der Waals surface area contributed by atoms with Gasteiger partial charge in [0.25, 0.3) is 0 Å². The van der Waals surface area contributed by atoms with Gasteiger partial charge in [-0.2, -0.15) is 9.40 Å². The fourth-order valence-electron chi connectivity index (χ4n) is 2.72. The smallest absolute Gasteiger partial charge is 0.244 e. The van der Waals surface area contributed by atoms with Crippen molar-refractivity contribution in [3.05, 3.63) is 40.9 Å². The molecule has 1 aliphatic rings. The molecule has 1 aromatic carbocycles. The predicted octanol–water partition coefficient (Wildman–Crippen LogP) is 1.51. The van der Waals surface area contributed by atoms with Crippen LogP contribution in [0.5, 0.6) is 0 Å². The number of sulfonamides is 1. The van der Waals surface area contributed by atoms with Crippen LogP contribution in [0.4, 0.5) is 0 Å². The number of benzene rings is 1. The fourth-order valence-corrected chi connectivity index (χ4v) is 4.87. The quantitative estimate of drug-likeness (QED) is 0.735. The summed E-state index contributed by atoms with van der Waals surface area (Å²) < 4.78 is 28.5. The van der Waals surface area contributed by atoms with Crippen LogP contribution in [0.25, 0.3) is 0 Å². The molecule has 8 nitrogen and oxygen atoms in total. The van der Waals surface area contributed by atoms with Crippen LogP contribution in [-0.4, -0.2) is 64.5 Å². The van der Waals surface area contributed by atoms with Gasteiger partial charge in [0.05, 0.1) is 16.6 Å². The normalized spacial score (nSPS) is 16.0. The summed E-state index contributed by atoms with van der Waals surface area (Å²) in [6.45, 7) is 1.51. The Bertz CT molecular complexity index is 881. The van der Waals surface area contributed by atoms with E-state index < -0.39 is 10.0 Å². The minimum atomic E-state index is -3.76. The monoisotopic (exact) mass is 417 g/mol. The second kappa shape index (κ2) is 7.91. The van der Waals surface area contributed by atoms with Gasteiger partial charge in [0, 0.05) is 32.6 Å². The van der Waals surface area contributed by atoms with Crippen molar-refractivity contribution in [3.8, 4) is 0 Å². The SMILES string of the molecule is O=C(CCn1cncn1)N1CCN(S(=O)(=O)c2cccc(Cl)c2Cl)CC1. The van der Waals surface area contributed by atoms with Crippen molar-refractivity contribution in [2.75, 3.05) is 26.2 Å². The average Bonchev–Trinajstić information content (AvgIpc) is 3.15. The average molecular weight is 418 g/mol. The number of carbonyl (C=O) groups excluding carboxylic acids is 1. The number of nitrogens with zero attached hydrogens (tertiary/aromatic N) is 5. The highest BCUT2D eigenvalue weighted by Gasteiger charge is 2.31. The number of carbonyl (C=O) groups is 1. The third-order valence-corrected chi connectivity index (χ3v) is 7.02. The Morgan fingerprint density at radius 3 is 2.54 bits per heavy atom. The third-order valence-electron chi connectivity index (χ3n) is 4.15. The van der Waals surface area contributed by atoms with Crippen LogP contribution < -0.4 is 0 Å². The van der Waals surface area contributed by atoms with Crippen LogP contribution in [0.1, 0.15) is 6.42 Å². The van der Waals surface area contributed by atoms with Gasteiger partial charge in [0.1, 0.15) is 17.6 Å². The minimum absolute atomic E-state index is 0.0144. The van der Waals surface area contributed by atoms with Crippen molar-refractivity contribution < 1.29 is 13.2 Å². The van der Waals surface area contributed by atoms with E-state index in [-0.39, 0.29) is 40.4 Å². The molecule has 0 unspecified atom stereocenters. The summed E-state index contributed by atoms with van der Waals surface area (Å²) in [7, 11) is -3.76. The molecule has 0 bridgehead atoms. The molecule has 26 heavy (non-hydrogen) atoms. The highest BCUT2D eigenvalue weighted by atomic mass is 35.5. The first kappa shape index (κ1) is 19.1. The third kappa shape index (κ3) is 4.01. The van der Waals surface area contributed by atoms with Gasteiger partial charge in [0.2, 0.25) is 15.9 Å². The van der Waals surface area contributed by atoms with Crippen molar-refractivity contribution in [1.82, 2.24) is 24.0 Å². The molecule has 2 aromatic rings. The molecule has 0 atom stereocenters. The van der Waals surface area contributed by atoms with Crippen molar-refractivity contribution in [2.45, 2.75) is 17.9 Å². The molecule has 0 N–H and O–H groups in total. The molecule has 1 aliphatic heterocycles. The maximum absolute atomic E-state index is 12.8. The van der Waals surface area contributed by atoms with Gasteiger partial charge in [-0.1, -0.05) is 29.3 Å². The van der Waals surface area contributed by atoms with Crippen molar-refractivity contribution in [3.63, 3.8) is 0 Å². The number of piperazine rings is 1. The second-order valence-corrected chi connectivity index (χ2v) is 8.44. The zero-order valence-corrected chi connectivity index (χ0v) is 16.1.